The van der Waals surface area contributed by atoms with Gasteiger partial charge in [0, 0.05) is 6.04 Å². The Hall–Kier alpha value is -2.66. The predicted octanol–water partition coefficient (Wildman–Crippen LogP) is 4.61. The van der Waals surface area contributed by atoms with E-state index in [-0.39, 0.29) is 11.6 Å². The second-order valence-electron chi connectivity index (χ2n) is 7.52. The molecule has 1 aliphatic rings. The zero-order chi connectivity index (χ0) is 19.5. The first-order chi connectivity index (χ1) is 13.7. The van der Waals surface area contributed by atoms with Gasteiger partial charge in [-0.1, -0.05) is 37.1 Å². The SMILES string of the molecule is COc1ccc([C@H]2CCCCCN2[C@H](C)c2nc3ccccc3c(=O)[nH]2)cc1. The molecule has 2 heterocycles. The summed E-state index contributed by atoms with van der Waals surface area (Å²) in [6, 6.07) is 16.2. The maximum atomic E-state index is 12.5. The van der Waals surface area contributed by atoms with Gasteiger partial charge < -0.3 is 9.72 Å². The van der Waals surface area contributed by atoms with Crippen molar-refractivity contribution >= 4 is 10.9 Å². The standard InChI is InChI=1S/C23H27N3O2/c1-16(22-24-20-9-6-5-8-19(20)23(27)25-22)26-15-7-3-4-10-21(26)17-11-13-18(28-2)14-12-17/h5-6,8-9,11-14,16,21H,3-4,7,10,15H2,1-2H3,(H,24,25,27)/t16-,21-/m1/s1. The van der Waals surface area contributed by atoms with Crippen molar-refractivity contribution < 1.29 is 4.74 Å². The Morgan fingerprint density at radius 3 is 2.68 bits per heavy atom. The number of aromatic amines is 1. The van der Waals surface area contributed by atoms with Crippen LogP contribution in [0.2, 0.25) is 0 Å². The van der Waals surface area contributed by atoms with Crippen molar-refractivity contribution in [1.29, 1.82) is 0 Å². The fraction of sp³-hybridized carbons (Fsp3) is 0.391. The summed E-state index contributed by atoms with van der Waals surface area (Å²) in [6.45, 7) is 3.14. The lowest BCUT2D eigenvalue weighted by Crippen LogP contribution is -2.33. The van der Waals surface area contributed by atoms with Crippen molar-refractivity contribution in [3.8, 4) is 5.75 Å². The quantitative estimate of drug-likeness (QED) is 0.721. The van der Waals surface area contributed by atoms with Crippen LogP contribution in [0, 0.1) is 0 Å². The molecule has 28 heavy (non-hydrogen) atoms. The third kappa shape index (κ3) is 3.67. The minimum absolute atomic E-state index is 0.0301. The molecular formula is C23H27N3O2. The highest BCUT2D eigenvalue weighted by Gasteiger charge is 2.28. The molecule has 2 atom stereocenters. The summed E-state index contributed by atoms with van der Waals surface area (Å²) >= 11 is 0. The first kappa shape index (κ1) is 18.7. The summed E-state index contributed by atoms with van der Waals surface area (Å²) in [5.41, 5.74) is 1.98. The molecule has 0 aliphatic carbocycles. The maximum absolute atomic E-state index is 12.5. The van der Waals surface area contributed by atoms with Crippen molar-refractivity contribution in [3.63, 3.8) is 0 Å². The monoisotopic (exact) mass is 377 g/mol. The Balaban J connectivity index is 1.70. The molecule has 0 spiro atoms. The van der Waals surface area contributed by atoms with Gasteiger partial charge in [-0.05, 0) is 56.1 Å². The molecule has 5 heteroatoms. The minimum Gasteiger partial charge on any atom is -0.497 e. The van der Waals surface area contributed by atoms with Gasteiger partial charge in [0.05, 0.1) is 24.1 Å². The summed E-state index contributed by atoms with van der Waals surface area (Å²) < 4.78 is 5.32. The number of rotatable bonds is 4. The highest BCUT2D eigenvalue weighted by atomic mass is 16.5. The van der Waals surface area contributed by atoms with Gasteiger partial charge in [0.15, 0.2) is 0 Å². The number of nitrogens with zero attached hydrogens (tertiary/aromatic N) is 2. The molecule has 1 aromatic heterocycles. The number of para-hydroxylation sites is 1. The maximum Gasteiger partial charge on any atom is 0.258 e. The van der Waals surface area contributed by atoms with Crippen LogP contribution in [0.5, 0.6) is 5.75 Å². The van der Waals surface area contributed by atoms with Gasteiger partial charge in [0.1, 0.15) is 11.6 Å². The molecule has 0 saturated carbocycles. The fourth-order valence-corrected chi connectivity index (χ4v) is 4.24. The average molecular weight is 377 g/mol. The number of methoxy groups -OCH3 is 1. The van der Waals surface area contributed by atoms with Gasteiger partial charge >= 0.3 is 0 Å². The van der Waals surface area contributed by atoms with E-state index in [9.17, 15) is 4.79 Å². The molecule has 0 radical (unpaired) electrons. The van der Waals surface area contributed by atoms with Gasteiger partial charge in [-0.25, -0.2) is 4.98 Å². The first-order valence-corrected chi connectivity index (χ1v) is 10.1. The highest BCUT2D eigenvalue weighted by molar-refractivity contribution is 5.77. The Morgan fingerprint density at radius 1 is 1.11 bits per heavy atom. The van der Waals surface area contributed by atoms with E-state index in [4.69, 9.17) is 9.72 Å². The van der Waals surface area contributed by atoms with Crippen LogP contribution in [-0.4, -0.2) is 28.5 Å². The molecule has 3 aromatic rings. The van der Waals surface area contributed by atoms with Gasteiger partial charge in [-0.3, -0.25) is 9.69 Å². The minimum atomic E-state index is -0.0664. The van der Waals surface area contributed by atoms with Gasteiger partial charge in [0.25, 0.3) is 5.56 Å². The summed E-state index contributed by atoms with van der Waals surface area (Å²) in [5.74, 6) is 1.61. The molecular weight excluding hydrogens is 350 g/mol. The molecule has 1 N–H and O–H groups in total. The van der Waals surface area contributed by atoms with Crippen molar-refractivity contribution in [3.05, 3.63) is 70.3 Å². The molecule has 5 nitrogen and oxygen atoms in total. The number of hydrogen-bond donors (Lipinski definition) is 1. The Bertz CT molecular complexity index is 997. The lowest BCUT2D eigenvalue weighted by Gasteiger charge is -2.35. The molecule has 4 rings (SSSR count). The average Bonchev–Trinajstić information content (AvgIpc) is 2.99. The number of fused-ring (bicyclic) bond motifs is 1. The van der Waals surface area contributed by atoms with Crippen LogP contribution >= 0.6 is 0 Å². The van der Waals surface area contributed by atoms with E-state index < -0.39 is 0 Å². The molecule has 1 aliphatic heterocycles. The molecule has 0 unspecified atom stereocenters. The number of likely N-dealkylation sites (tertiary alicyclic amines) is 1. The van der Waals surface area contributed by atoms with E-state index in [1.165, 1.54) is 18.4 Å². The van der Waals surface area contributed by atoms with Crippen molar-refractivity contribution in [1.82, 2.24) is 14.9 Å². The van der Waals surface area contributed by atoms with Crippen LogP contribution in [0.4, 0.5) is 0 Å². The Labute approximate surface area is 165 Å². The zero-order valence-corrected chi connectivity index (χ0v) is 16.5. The third-order valence-electron chi connectivity index (χ3n) is 5.82. The summed E-state index contributed by atoms with van der Waals surface area (Å²) in [5, 5.41) is 0.640. The normalized spacial score (nSPS) is 19.3. The van der Waals surface area contributed by atoms with E-state index in [0.29, 0.717) is 11.4 Å². The second-order valence-corrected chi connectivity index (χ2v) is 7.52. The number of ether oxygens (including phenoxy) is 1. The van der Waals surface area contributed by atoms with E-state index in [0.717, 1.165) is 36.5 Å². The van der Waals surface area contributed by atoms with Crippen LogP contribution in [0.15, 0.2) is 53.3 Å². The number of hydrogen-bond acceptors (Lipinski definition) is 4. The first-order valence-electron chi connectivity index (χ1n) is 10.1. The van der Waals surface area contributed by atoms with Crippen molar-refractivity contribution in [2.45, 2.75) is 44.7 Å². The molecule has 2 aromatic carbocycles. The predicted molar refractivity (Wildman–Crippen MR) is 112 cm³/mol. The van der Waals surface area contributed by atoms with Crippen LogP contribution in [0.25, 0.3) is 10.9 Å². The van der Waals surface area contributed by atoms with E-state index in [2.05, 4.69) is 28.9 Å². The fourth-order valence-electron chi connectivity index (χ4n) is 4.24. The third-order valence-corrected chi connectivity index (χ3v) is 5.82. The number of benzene rings is 2. The summed E-state index contributed by atoms with van der Waals surface area (Å²) in [4.78, 5) is 22.8. The molecule has 1 saturated heterocycles. The van der Waals surface area contributed by atoms with Crippen LogP contribution in [-0.2, 0) is 0 Å². The summed E-state index contributed by atoms with van der Waals surface area (Å²) in [6.07, 6.45) is 4.71. The number of aromatic nitrogens is 2. The molecule has 0 bridgehead atoms. The summed E-state index contributed by atoms with van der Waals surface area (Å²) in [7, 11) is 1.69. The van der Waals surface area contributed by atoms with Crippen molar-refractivity contribution in [2.24, 2.45) is 0 Å². The van der Waals surface area contributed by atoms with E-state index >= 15 is 0 Å². The van der Waals surface area contributed by atoms with Crippen LogP contribution in [0.3, 0.4) is 0 Å². The topological polar surface area (TPSA) is 58.2 Å². The van der Waals surface area contributed by atoms with Gasteiger partial charge in [-0.15, -0.1) is 0 Å². The smallest absolute Gasteiger partial charge is 0.258 e. The van der Waals surface area contributed by atoms with Gasteiger partial charge in [-0.2, -0.15) is 0 Å². The van der Waals surface area contributed by atoms with E-state index in [1.807, 2.05) is 36.4 Å². The van der Waals surface area contributed by atoms with Gasteiger partial charge in [0.2, 0.25) is 0 Å². The van der Waals surface area contributed by atoms with Crippen LogP contribution < -0.4 is 10.3 Å². The van der Waals surface area contributed by atoms with Crippen LogP contribution in [0.1, 0.15) is 56.1 Å². The molecule has 1 fully saturated rings. The lowest BCUT2D eigenvalue weighted by molar-refractivity contribution is 0.141. The largest absolute Gasteiger partial charge is 0.497 e. The Morgan fingerprint density at radius 2 is 1.89 bits per heavy atom. The second kappa shape index (κ2) is 8.15. The molecule has 146 valence electrons. The Kier molecular flexibility index (Phi) is 5.44. The van der Waals surface area contributed by atoms with E-state index in [1.54, 1.807) is 7.11 Å². The number of H-pyrrole nitrogens is 1. The zero-order valence-electron chi connectivity index (χ0n) is 16.5. The molecule has 0 amide bonds. The highest BCUT2D eigenvalue weighted by Crippen LogP contribution is 2.36. The lowest BCUT2D eigenvalue weighted by atomic mass is 9.99. The van der Waals surface area contributed by atoms with Crippen molar-refractivity contribution in [2.75, 3.05) is 13.7 Å². The number of nitrogens with one attached hydrogen (secondary N) is 1.